The standard InChI is InChI=1S/C21H19Cl2N3O/c22-14-8-9-18-16(12-14)20(15-6-2-3-7-17(15)23)24-19(21(27)25-18)13-26-10-4-1-5-11-26/h2-3,6-9,12-13H,1,4-5,10-11H2,(H,25,27). The van der Waals surface area contributed by atoms with Crippen molar-refractivity contribution in [2.24, 2.45) is 4.99 Å². The van der Waals surface area contributed by atoms with E-state index < -0.39 is 0 Å². The first-order valence-electron chi connectivity index (χ1n) is 9.02. The summed E-state index contributed by atoms with van der Waals surface area (Å²) in [6, 6.07) is 12.9. The van der Waals surface area contributed by atoms with Crippen LogP contribution in [0.25, 0.3) is 0 Å². The summed E-state index contributed by atoms with van der Waals surface area (Å²) in [7, 11) is 0. The molecule has 0 bridgehead atoms. The molecule has 0 saturated carbocycles. The molecule has 2 aliphatic rings. The van der Waals surface area contributed by atoms with Gasteiger partial charge < -0.3 is 10.2 Å². The Morgan fingerprint density at radius 2 is 1.78 bits per heavy atom. The van der Waals surface area contributed by atoms with Crippen LogP contribution in [0.1, 0.15) is 30.4 Å². The molecule has 0 spiro atoms. The summed E-state index contributed by atoms with van der Waals surface area (Å²) in [4.78, 5) is 19.7. The van der Waals surface area contributed by atoms with E-state index in [1.807, 2.05) is 36.5 Å². The third-order valence-electron chi connectivity index (χ3n) is 4.77. The van der Waals surface area contributed by atoms with E-state index in [0.717, 1.165) is 37.1 Å². The second-order valence-corrected chi connectivity index (χ2v) is 7.54. The van der Waals surface area contributed by atoms with Gasteiger partial charge in [0.1, 0.15) is 5.70 Å². The molecule has 0 unspecified atom stereocenters. The molecule has 6 heteroatoms. The van der Waals surface area contributed by atoms with Crippen molar-refractivity contribution in [1.29, 1.82) is 0 Å². The van der Waals surface area contributed by atoms with Crippen molar-refractivity contribution in [3.05, 3.63) is 75.5 Å². The van der Waals surface area contributed by atoms with Crippen LogP contribution in [-0.4, -0.2) is 29.6 Å². The van der Waals surface area contributed by atoms with Crippen molar-refractivity contribution in [3.8, 4) is 0 Å². The van der Waals surface area contributed by atoms with Crippen LogP contribution in [0.2, 0.25) is 10.0 Å². The van der Waals surface area contributed by atoms with Crippen molar-refractivity contribution in [2.75, 3.05) is 18.4 Å². The summed E-state index contributed by atoms with van der Waals surface area (Å²) >= 11 is 12.7. The number of hydrogen-bond donors (Lipinski definition) is 1. The highest BCUT2D eigenvalue weighted by molar-refractivity contribution is 6.37. The molecule has 2 aromatic rings. The third-order valence-corrected chi connectivity index (χ3v) is 5.34. The summed E-state index contributed by atoms with van der Waals surface area (Å²) in [5, 5.41) is 4.11. The fraction of sp³-hybridized carbons (Fsp3) is 0.238. The molecule has 1 amide bonds. The molecular formula is C21H19Cl2N3O. The van der Waals surface area contributed by atoms with E-state index in [0.29, 0.717) is 27.1 Å². The van der Waals surface area contributed by atoms with Crippen LogP contribution in [0.15, 0.2) is 59.4 Å². The van der Waals surface area contributed by atoms with Gasteiger partial charge in [0.05, 0.1) is 11.4 Å². The second kappa shape index (κ2) is 7.75. The molecule has 2 aromatic carbocycles. The molecule has 2 aliphatic heterocycles. The highest BCUT2D eigenvalue weighted by Gasteiger charge is 2.24. The minimum atomic E-state index is -0.230. The molecule has 1 N–H and O–H groups in total. The molecule has 27 heavy (non-hydrogen) atoms. The number of nitrogens with zero attached hydrogens (tertiary/aromatic N) is 2. The molecule has 0 radical (unpaired) electrons. The second-order valence-electron chi connectivity index (χ2n) is 6.70. The third kappa shape index (κ3) is 3.87. The molecule has 4 nitrogen and oxygen atoms in total. The lowest BCUT2D eigenvalue weighted by Crippen LogP contribution is -2.26. The van der Waals surface area contributed by atoms with E-state index in [1.54, 1.807) is 12.1 Å². The SMILES string of the molecule is O=C1Nc2ccc(Cl)cc2C(c2ccccc2Cl)=NC1=CN1CCCCC1. The Bertz CT molecular complexity index is 946. The van der Waals surface area contributed by atoms with E-state index in [4.69, 9.17) is 28.2 Å². The summed E-state index contributed by atoms with van der Waals surface area (Å²) < 4.78 is 0. The van der Waals surface area contributed by atoms with Gasteiger partial charge >= 0.3 is 0 Å². The first-order valence-corrected chi connectivity index (χ1v) is 9.78. The topological polar surface area (TPSA) is 44.7 Å². The van der Waals surface area contributed by atoms with Gasteiger partial charge in [-0.25, -0.2) is 4.99 Å². The summed E-state index contributed by atoms with van der Waals surface area (Å²) in [6.45, 7) is 1.87. The summed E-state index contributed by atoms with van der Waals surface area (Å²) in [6.07, 6.45) is 5.34. The smallest absolute Gasteiger partial charge is 0.275 e. The van der Waals surface area contributed by atoms with Crippen LogP contribution in [0, 0.1) is 0 Å². The maximum Gasteiger partial charge on any atom is 0.275 e. The zero-order valence-corrected chi connectivity index (χ0v) is 16.2. The summed E-state index contributed by atoms with van der Waals surface area (Å²) in [5.74, 6) is -0.230. The van der Waals surface area contributed by atoms with Crippen molar-refractivity contribution >= 4 is 40.5 Å². The highest BCUT2D eigenvalue weighted by atomic mass is 35.5. The lowest BCUT2D eigenvalue weighted by atomic mass is 10.0. The Labute approximate surface area is 168 Å². The molecule has 4 rings (SSSR count). The van der Waals surface area contributed by atoms with Crippen molar-refractivity contribution in [3.63, 3.8) is 0 Å². The number of aliphatic imine (C=N–C) groups is 1. The predicted molar refractivity (Wildman–Crippen MR) is 111 cm³/mol. The van der Waals surface area contributed by atoms with Crippen LogP contribution < -0.4 is 5.32 Å². The number of fused-ring (bicyclic) bond motifs is 1. The molecule has 0 aliphatic carbocycles. The average Bonchev–Trinajstić information content (AvgIpc) is 2.80. The molecular weight excluding hydrogens is 381 g/mol. The number of benzene rings is 2. The average molecular weight is 400 g/mol. The van der Waals surface area contributed by atoms with E-state index >= 15 is 0 Å². The Balaban J connectivity index is 1.87. The van der Waals surface area contributed by atoms with E-state index in [1.165, 1.54) is 6.42 Å². The number of amides is 1. The Morgan fingerprint density at radius 1 is 1.00 bits per heavy atom. The Morgan fingerprint density at radius 3 is 2.56 bits per heavy atom. The number of rotatable bonds is 2. The van der Waals surface area contributed by atoms with Crippen LogP contribution in [0.5, 0.6) is 0 Å². The monoisotopic (exact) mass is 399 g/mol. The number of piperidine rings is 1. The van der Waals surface area contributed by atoms with E-state index in [9.17, 15) is 4.79 Å². The van der Waals surface area contributed by atoms with Crippen LogP contribution in [0.4, 0.5) is 5.69 Å². The first kappa shape index (κ1) is 18.1. The van der Waals surface area contributed by atoms with Crippen LogP contribution >= 0.6 is 23.2 Å². The zero-order chi connectivity index (χ0) is 18.8. The predicted octanol–water partition coefficient (Wildman–Crippen LogP) is 5.11. The van der Waals surface area contributed by atoms with Crippen molar-refractivity contribution in [1.82, 2.24) is 4.90 Å². The number of likely N-dealkylation sites (tertiary alicyclic amines) is 1. The van der Waals surface area contributed by atoms with Gasteiger partial charge in [0.2, 0.25) is 0 Å². The van der Waals surface area contributed by atoms with Gasteiger partial charge in [-0.05, 0) is 43.5 Å². The van der Waals surface area contributed by atoms with Crippen LogP contribution in [0.3, 0.4) is 0 Å². The maximum absolute atomic E-state index is 12.8. The number of halogens is 2. The molecule has 2 heterocycles. The summed E-state index contributed by atoms with van der Waals surface area (Å²) in [5.41, 5.74) is 3.21. The normalized spacial score (nSPS) is 18.6. The van der Waals surface area contributed by atoms with E-state index in [2.05, 4.69) is 10.2 Å². The van der Waals surface area contributed by atoms with Gasteiger partial charge in [-0.15, -0.1) is 0 Å². The lowest BCUT2D eigenvalue weighted by molar-refractivity contribution is -0.112. The van der Waals surface area contributed by atoms with E-state index in [-0.39, 0.29) is 5.91 Å². The zero-order valence-electron chi connectivity index (χ0n) is 14.7. The highest BCUT2D eigenvalue weighted by Crippen LogP contribution is 2.30. The number of anilines is 1. The Hall–Kier alpha value is -2.30. The fourth-order valence-electron chi connectivity index (χ4n) is 3.41. The molecule has 1 fully saturated rings. The minimum Gasteiger partial charge on any atom is -0.375 e. The quantitative estimate of drug-likeness (QED) is 0.712. The van der Waals surface area contributed by atoms with Gasteiger partial charge in [-0.3, -0.25) is 4.79 Å². The number of hydrogen-bond acceptors (Lipinski definition) is 3. The van der Waals surface area contributed by atoms with Crippen LogP contribution in [-0.2, 0) is 4.79 Å². The number of nitrogens with one attached hydrogen (secondary N) is 1. The van der Waals surface area contributed by atoms with Gasteiger partial charge in [-0.2, -0.15) is 0 Å². The maximum atomic E-state index is 12.8. The van der Waals surface area contributed by atoms with Gasteiger partial charge in [0.25, 0.3) is 5.91 Å². The molecule has 1 saturated heterocycles. The van der Waals surface area contributed by atoms with Crippen molar-refractivity contribution < 1.29 is 4.79 Å². The first-order chi connectivity index (χ1) is 13.1. The van der Waals surface area contributed by atoms with Crippen molar-refractivity contribution in [2.45, 2.75) is 19.3 Å². The number of carbonyl (C=O) groups is 1. The van der Waals surface area contributed by atoms with Gasteiger partial charge in [0.15, 0.2) is 0 Å². The molecule has 0 aromatic heterocycles. The number of benzodiazepines with no additional fused rings is 1. The molecule has 138 valence electrons. The Kier molecular flexibility index (Phi) is 5.19. The van der Waals surface area contributed by atoms with Gasteiger partial charge in [-0.1, -0.05) is 41.4 Å². The molecule has 0 atom stereocenters. The lowest BCUT2D eigenvalue weighted by Gasteiger charge is -2.25. The number of carbonyl (C=O) groups excluding carboxylic acids is 1. The minimum absolute atomic E-state index is 0.230. The van der Waals surface area contributed by atoms with Gasteiger partial charge in [0, 0.05) is 40.5 Å². The largest absolute Gasteiger partial charge is 0.375 e. The fourth-order valence-corrected chi connectivity index (χ4v) is 3.80.